The SMILES string of the molecule is CCC(C)(O)Cn1nnc(C(=O)O)c1C(F)(F)F. The van der Waals surface area contributed by atoms with Crippen molar-refractivity contribution in [3.63, 3.8) is 0 Å². The Bertz CT molecular complexity index is 454. The Balaban J connectivity index is 3.26. The zero-order chi connectivity index (χ0) is 14.1. The summed E-state index contributed by atoms with van der Waals surface area (Å²) in [6, 6.07) is 0. The lowest BCUT2D eigenvalue weighted by molar-refractivity contribution is -0.146. The number of aromatic nitrogens is 3. The Morgan fingerprint density at radius 1 is 1.44 bits per heavy atom. The number of aliphatic hydroxyl groups is 1. The van der Waals surface area contributed by atoms with Crippen molar-refractivity contribution in [2.75, 3.05) is 0 Å². The van der Waals surface area contributed by atoms with Crippen LogP contribution >= 0.6 is 0 Å². The second kappa shape index (κ2) is 4.56. The summed E-state index contributed by atoms with van der Waals surface area (Å²) in [6.07, 6.45) is -4.71. The van der Waals surface area contributed by atoms with Crippen LogP contribution in [0, 0.1) is 0 Å². The summed E-state index contributed by atoms with van der Waals surface area (Å²) in [7, 11) is 0. The van der Waals surface area contributed by atoms with Gasteiger partial charge in [-0.2, -0.15) is 13.2 Å². The molecule has 0 radical (unpaired) electrons. The summed E-state index contributed by atoms with van der Waals surface area (Å²) in [4.78, 5) is 10.6. The molecule has 0 saturated carbocycles. The van der Waals surface area contributed by atoms with Crippen molar-refractivity contribution in [2.45, 2.75) is 38.6 Å². The van der Waals surface area contributed by atoms with Gasteiger partial charge in [-0.15, -0.1) is 5.10 Å². The molecule has 18 heavy (non-hydrogen) atoms. The monoisotopic (exact) mass is 267 g/mol. The van der Waals surface area contributed by atoms with Gasteiger partial charge in [-0.05, 0) is 13.3 Å². The minimum absolute atomic E-state index is 0.187. The predicted molar refractivity (Wildman–Crippen MR) is 52.9 cm³/mol. The van der Waals surface area contributed by atoms with Crippen molar-refractivity contribution >= 4 is 5.97 Å². The average molecular weight is 267 g/mol. The molecular weight excluding hydrogens is 255 g/mol. The lowest BCUT2D eigenvalue weighted by Gasteiger charge is -2.22. The number of halogens is 3. The van der Waals surface area contributed by atoms with E-state index in [4.69, 9.17) is 5.11 Å². The van der Waals surface area contributed by atoms with Crippen molar-refractivity contribution in [3.8, 4) is 0 Å². The highest BCUT2D eigenvalue weighted by Crippen LogP contribution is 2.32. The van der Waals surface area contributed by atoms with E-state index in [2.05, 4.69) is 10.3 Å². The highest BCUT2D eigenvalue weighted by molar-refractivity contribution is 5.86. The maximum absolute atomic E-state index is 12.7. The van der Waals surface area contributed by atoms with Gasteiger partial charge >= 0.3 is 12.1 Å². The fourth-order valence-corrected chi connectivity index (χ4v) is 1.28. The van der Waals surface area contributed by atoms with E-state index in [0.717, 1.165) is 0 Å². The molecule has 102 valence electrons. The zero-order valence-electron chi connectivity index (χ0n) is 9.69. The molecule has 1 aromatic heterocycles. The molecule has 1 aromatic rings. The molecule has 9 heteroatoms. The van der Waals surface area contributed by atoms with E-state index in [1.165, 1.54) is 6.92 Å². The largest absolute Gasteiger partial charge is 0.476 e. The van der Waals surface area contributed by atoms with Gasteiger partial charge in [0.15, 0.2) is 5.69 Å². The zero-order valence-corrected chi connectivity index (χ0v) is 9.69. The standard InChI is InChI=1S/C9H12F3N3O3/c1-3-8(2,18)4-15-6(9(10,11)12)5(7(16)17)13-14-15/h18H,3-4H2,1-2H3,(H,16,17). The maximum atomic E-state index is 12.7. The molecule has 1 heterocycles. The molecule has 0 amide bonds. The first-order valence-corrected chi connectivity index (χ1v) is 5.05. The van der Waals surface area contributed by atoms with Crippen LogP contribution in [0.25, 0.3) is 0 Å². The molecular formula is C9H12F3N3O3. The van der Waals surface area contributed by atoms with E-state index in [1.54, 1.807) is 6.92 Å². The molecule has 0 aliphatic rings. The van der Waals surface area contributed by atoms with Gasteiger partial charge in [0, 0.05) is 0 Å². The molecule has 0 aliphatic heterocycles. The van der Waals surface area contributed by atoms with E-state index >= 15 is 0 Å². The van der Waals surface area contributed by atoms with Crippen molar-refractivity contribution in [3.05, 3.63) is 11.4 Å². The van der Waals surface area contributed by atoms with Crippen LogP contribution in [0.2, 0.25) is 0 Å². The second-order valence-electron chi connectivity index (χ2n) is 4.10. The Kier molecular flexibility index (Phi) is 3.65. The van der Waals surface area contributed by atoms with E-state index < -0.39 is 35.7 Å². The normalized spacial score (nSPS) is 15.4. The molecule has 1 atom stereocenters. The Hall–Kier alpha value is -1.64. The predicted octanol–water partition coefficient (Wildman–Crippen LogP) is 1.16. The van der Waals surface area contributed by atoms with Crippen molar-refractivity contribution in [1.29, 1.82) is 0 Å². The molecule has 0 bridgehead atoms. The van der Waals surface area contributed by atoms with Crippen LogP contribution in [-0.2, 0) is 12.7 Å². The van der Waals surface area contributed by atoms with E-state index in [9.17, 15) is 23.1 Å². The second-order valence-corrected chi connectivity index (χ2v) is 4.10. The lowest BCUT2D eigenvalue weighted by atomic mass is 10.0. The Labute approximate surface area is 100 Å². The number of nitrogens with zero attached hydrogens (tertiary/aromatic N) is 3. The number of rotatable bonds is 4. The molecule has 1 unspecified atom stereocenters. The average Bonchev–Trinajstić information content (AvgIpc) is 2.60. The fraction of sp³-hybridized carbons (Fsp3) is 0.667. The molecule has 0 aromatic carbocycles. The third-order valence-electron chi connectivity index (χ3n) is 2.46. The number of hydrogen-bond acceptors (Lipinski definition) is 4. The van der Waals surface area contributed by atoms with Gasteiger partial charge in [0.05, 0.1) is 12.1 Å². The van der Waals surface area contributed by atoms with Gasteiger partial charge in [0.2, 0.25) is 5.69 Å². The van der Waals surface area contributed by atoms with Gasteiger partial charge in [-0.3, -0.25) is 0 Å². The number of alkyl halides is 3. The highest BCUT2D eigenvalue weighted by atomic mass is 19.4. The van der Waals surface area contributed by atoms with Gasteiger partial charge in [0.25, 0.3) is 0 Å². The maximum Gasteiger partial charge on any atom is 0.435 e. The van der Waals surface area contributed by atoms with Gasteiger partial charge in [-0.25, -0.2) is 9.48 Å². The van der Waals surface area contributed by atoms with Crippen LogP contribution in [0.3, 0.4) is 0 Å². The van der Waals surface area contributed by atoms with Crippen molar-refractivity contribution < 1.29 is 28.2 Å². The third kappa shape index (κ3) is 2.97. The van der Waals surface area contributed by atoms with Gasteiger partial charge < -0.3 is 10.2 Å². The third-order valence-corrected chi connectivity index (χ3v) is 2.46. The highest BCUT2D eigenvalue weighted by Gasteiger charge is 2.42. The number of carboxylic acid groups (broad SMARTS) is 1. The molecule has 6 nitrogen and oxygen atoms in total. The molecule has 0 fully saturated rings. The van der Waals surface area contributed by atoms with Crippen LogP contribution < -0.4 is 0 Å². The Morgan fingerprint density at radius 2 is 2.00 bits per heavy atom. The summed E-state index contributed by atoms with van der Waals surface area (Å²) in [6.45, 7) is 2.43. The van der Waals surface area contributed by atoms with Crippen LogP contribution in [-0.4, -0.2) is 36.8 Å². The number of carboxylic acids is 1. The van der Waals surface area contributed by atoms with Crippen LogP contribution in [0.5, 0.6) is 0 Å². The van der Waals surface area contributed by atoms with E-state index in [0.29, 0.717) is 4.68 Å². The number of carbonyl (C=O) groups is 1. The fourth-order valence-electron chi connectivity index (χ4n) is 1.28. The van der Waals surface area contributed by atoms with E-state index in [1.807, 2.05) is 0 Å². The van der Waals surface area contributed by atoms with E-state index in [-0.39, 0.29) is 6.42 Å². The minimum Gasteiger partial charge on any atom is -0.476 e. The summed E-state index contributed by atoms with van der Waals surface area (Å²) < 4.78 is 38.6. The summed E-state index contributed by atoms with van der Waals surface area (Å²) in [5.41, 5.74) is -4.07. The van der Waals surface area contributed by atoms with Crippen LogP contribution in [0.4, 0.5) is 13.2 Å². The molecule has 2 N–H and O–H groups in total. The molecule has 0 saturated heterocycles. The molecule has 0 spiro atoms. The van der Waals surface area contributed by atoms with Crippen molar-refractivity contribution in [2.24, 2.45) is 0 Å². The first kappa shape index (κ1) is 14.4. The smallest absolute Gasteiger partial charge is 0.435 e. The van der Waals surface area contributed by atoms with Crippen molar-refractivity contribution in [1.82, 2.24) is 15.0 Å². The van der Waals surface area contributed by atoms with Gasteiger partial charge in [-0.1, -0.05) is 12.1 Å². The quantitative estimate of drug-likeness (QED) is 0.854. The summed E-state index contributed by atoms with van der Waals surface area (Å²) in [5, 5.41) is 24.5. The topological polar surface area (TPSA) is 88.2 Å². The summed E-state index contributed by atoms with van der Waals surface area (Å²) >= 11 is 0. The number of hydrogen-bond donors (Lipinski definition) is 2. The molecule has 1 rings (SSSR count). The molecule has 0 aliphatic carbocycles. The lowest BCUT2D eigenvalue weighted by Crippen LogP contribution is -2.32. The van der Waals surface area contributed by atoms with Crippen LogP contribution in [0.15, 0.2) is 0 Å². The first-order chi connectivity index (χ1) is 8.08. The first-order valence-electron chi connectivity index (χ1n) is 5.05. The minimum atomic E-state index is -4.90. The number of aromatic carboxylic acids is 1. The van der Waals surface area contributed by atoms with Crippen LogP contribution in [0.1, 0.15) is 36.5 Å². The Morgan fingerprint density at radius 3 is 2.39 bits per heavy atom. The van der Waals surface area contributed by atoms with Gasteiger partial charge in [0.1, 0.15) is 0 Å². The summed E-state index contributed by atoms with van der Waals surface area (Å²) in [5.74, 6) is -1.82.